The molecule has 4 heterocycles. The number of nitrogens with one attached hydrogen (secondary N) is 2. The first-order valence-electron chi connectivity index (χ1n) is 8.46. The highest BCUT2D eigenvalue weighted by atomic mass is 32.1. The highest BCUT2D eigenvalue weighted by Crippen LogP contribution is 2.29. The van der Waals surface area contributed by atoms with E-state index in [0.29, 0.717) is 16.9 Å². The average Bonchev–Trinajstić information content (AvgIpc) is 3.13. The summed E-state index contributed by atoms with van der Waals surface area (Å²) in [5.74, 6) is 0.0785. The van der Waals surface area contributed by atoms with Gasteiger partial charge in [0.05, 0.1) is 6.33 Å². The molecule has 0 radical (unpaired) electrons. The molecule has 0 aliphatic carbocycles. The lowest BCUT2D eigenvalue weighted by molar-refractivity contribution is -0.125. The molecule has 0 unspecified atom stereocenters. The van der Waals surface area contributed by atoms with E-state index >= 15 is 0 Å². The molecule has 26 heavy (non-hydrogen) atoms. The largest absolute Gasteiger partial charge is 0.352 e. The van der Waals surface area contributed by atoms with Crippen LogP contribution in [0, 0.1) is 5.92 Å². The molecule has 4 rings (SSSR count). The normalized spacial score (nSPS) is 15.3. The van der Waals surface area contributed by atoms with E-state index in [-0.39, 0.29) is 17.4 Å². The van der Waals surface area contributed by atoms with Gasteiger partial charge in [-0.05, 0) is 24.5 Å². The van der Waals surface area contributed by atoms with Crippen LogP contribution in [0.5, 0.6) is 0 Å². The van der Waals surface area contributed by atoms with Gasteiger partial charge in [0.1, 0.15) is 4.70 Å². The second-order valence-corrected chi connectivity index (χ2v) is 7.20. The number of pyridine rings is 1. The van der Waals surface area contributed by atoms with Gasteiger partial charge >= 0.3 is 0 Å². The number of thiazole rings is 1. The predicted molar refractivity (Wildman–Crippen MR) is 99.1 cm³/mol. The summed E-state index contributed by atoms with van der Waals surface area (Å²) in [4.78, 5) is 41.5. The third kappa shape index (κ3) is 3.43. The van der Waals surface area contributed by atoms with Gasteiger partial charge in [-0.15, -0.1) is 0 Å². The minimum atomic E-state index is -0.164. The van der Waals surface area contributed by atoms with Crippen LogP contribution in [0.15, 0.2) is 35.6 Å². The van der Waals surface area contributed by atoms with Gasteiger partial charge in [0.25, 0.3) is 5.56 Å². The first-order chi connectivity index (χ1) is 12.7. The molecule has 3 aromatic heterocycles. The quantitative estimate of drug-likeness (QED) is 0.718. The standard InChI is InChI=1S/C17H18N6O2S/c24-15(19-9-11-2-1-5-18-8-11)12-3-6-23(7-4-12)17-22-14-13(26-17)16(25)21-10-20-14/h1-2,5,8,10,12H,3-4,6-7,9H2,(H,19,24)(H,20,21,25). The molecule has 0 saturated carbocycles. The summed E-state index contributed by atoms with van der Waals surface area (Å²) in [6.07, 6.45) is 6.36. The Morgan fingerprint density at radius 1 is 1.38 bits per heavy atom. The van der Waals surface area contributed by atoms with E-state index in [2.05, 4.69) is 30.2 Å². The van der Waals surface area contributed by atoms with E-state index in [9.17, 15) is 9.59 Å². The van der Waals surface area contributed by atoms with Gasteiger partial charge < -0.3 is 15.2 Å². The Hall–Kier alpha value is -2.81. The topological polar surface area (TPSA) is 104 Å². The molecule has 2 N–H and O–H groups in total. The molecule has 134 valence electrons. The van der Waals surface area contributed by atoms with Crippen LogP contribution in [0.3, 0.4) is 0 Å². The van der Waals surface area contributed by atoms with Crippen LogP contribution in [0.1, 0.15) is 18.4 Å². The molecular formula is C17H18N6O2S. The van der Waals surface area contributed by atoms with Gasteiger partial charge in [0, 0.05) is 37.9 Å². The molecule has 1 amide bonds. The van der Waals surface area contributed by atoms with Crippen LogP contribution in [0.4, 0.5) is 5.13 Å². The zero-order valence-corrected chi connectivity index (χ0v) is 14.8. The Morgan fingerprint density at radius 2 is 2.23 bits per heavy atom. The number of amides is 1. The second kappa shape index (κ2) is 7.20. The van der Waals surface area contributed by atoms with Gasteiger partial charge in [0.2, 0.25) is 5.91 Å². The summed E-state index contributed by atoms with van der Waals surface area (Å²) in [5.41, 5.74) is 1.30. The number of aromatic nitrogens is 4. The summed E-state index contributed by atoms with van der Waals surface area (Å²) >= 11 is 1.35. The maximum atomic E-state index is 12.4. The molecule has 0 spiro atoms. The highest BCUT2D eigenvalue weighted by molar-refractivity contribution is 7.22. The molecule has 1 saturated heterocycles. The fourth-order valence-electron chi connectivity index (χ4n) is 3.06. The number of carbonyl (C=O) groups excluding carboxylic acids is 1. The lowest BCUT2D eigenvalue weighted by Crippen LogP contribution is -2.40. The maximum absolute atomic E-state index is 12.4. The lowest BCUT2D eigenvalue weighted by Gasteiger charge is -2.30. The Morgan fingerprint density at radius 3 is 2.96 bits per heavy atom. The molecular weight excluding hydrogens is 352 g/mol. The summed E-state index contributed by atoms with van der Waals surface area (Å²) in [5, 5.41) is 3.78. The molecule has 0 atom stereocenters. The number of hydrogen-bond donors (Lipinski definition) is 2. The number of rotatable bonds is 4. The summed E-state index contributed by atoms with van der Waals surface area (Å²) in [7, 11) is 0. The number of anilines is 1. The van der Waals surface area contributed by atoms with E-state index in [1.807, 2.05) is 12.1 Å². The van der Waals surface area contributed by atoms with Crippen LogP contribution in [-0.4, -0.2) is 38.9 Å². The predicted octanol–water partition coefficient (Wildman–Crippen LogP) is 1.31. The van der Waals surface area contributed by atoms with Gasteiger partial charge in [-0.1, -0.05) is 17.4 Å². The van der Waals surface area contributed by atoms with E-state index in [0.717, 1.165) is 36.6 Å². The van der Waals surface area contributed by atoms with Crippen molar-refractivity contribution in [3.05, 3.63) is 46.8 Å². The second-order valence-electron chi connectivity index (χ2n) is 6.22. The monoisotopic (exact) mass is 370 g/mol. The van der Waals surface area contributed by atoms with Crippen LogP contribution >= 0.6 is 11.3 Å². The smallest absolute Gasteiger partial charge is 0.270 e. The summed E-state index contributed by atoms with van der Waals surface area (Å²) < 4.78 is 0.541. The first kappa shape index (κ1) is 16.6. The van der Waals surface area contributed by atoms with E-state index in [1.54, 1.807) is 12.4 Å². The van der Waals surface area contributed by atoms with Crippen molar-refractivity contribution in [2.24, 2.45) is 5.92 Å². The molecule has 1 fully saturated rings. The van der Waals surface area contributed by atoms with Crippen molar-refractivity contribution < 1.29 is 4.79 Å². The number of carbonyl (C=O) groups is 1. The zero-order chi connectivity index (χ0) is 17.9. The maximum Gasteiger partial charge on any atom is 0.270 e. The molecule has 8 nitrogen and oxygen atoms in total. The molecule has 3 aromatic rings. The number of aromatic amines is 1. The number of piperidine rings is 1. The Balaban J connectivity index is 1.35. The van der Waals surface area contributed by atoms with Crippen LogP contribution in [0.25, 0.3) is 10.3 Å². The van der Waals surface area contributed by atoms with E-state index in [4.69, 9.17) is 0 Å². The SMILES string of the molecule is O=C(NCc1cccnc1)C1CCN(c2nc3nc[nH]c(=O)c3s2)CC1. The van der Waals surface area contributed by atoms with Crippen LogP contribution in [0.2, 0.25) is 0 Å². The van der Waals surface area contributed by atoms with Crippen molar-refractivity contribution in [1.29, 1.82) is 0 Å². The number of fused-ring (bicyclic) bond motifs is 1. The van der Waals surface area contributed by atoms with Crippen molar-refractivity contribution >= 4 is 32.7 Å². The minimum Gasteiger partial charge on any atom is -0.352 e. The number of H-pyrrole nitrogens is 1. The lowest BCUT2D eigenvalue weighted by atomic mass is 9.96. The van der Waals surface area contributed by atoms with Crippen molar-refractivity contribution in [1.82, 2.24) is 25.3 Å². The van der Waals surface area contributed by atoms with Crippen molar-refractivity contribution in [3.8, 4) is 0 Å². The minimum absolute atomic E-state index is 0.00109. The fourth-order valence-corrected chi connectivity index (χ4v) is 4.03. The highest BCUT2D eigenvalue weighted by Gasteiger charge is 2.26. The zero-order valence-electron chi connectivity index (χ0n) is 14.0. The van der Waals surface area contributed by atoms with Crippen molar-refractivity contribution in [2.75, 3.05) is 18.0 Å². The summed E-state index contributed by atoms with van der Waals surface area (Å²) in [6, 6.07) is 3.80. The number of hydrogen-bond acceptors (Lipinski definition) is 7. The Labute approximate surface area is 153 Å². The Kier molecular flexibility index (Phi) is 4.61. The van der Waals surface area contributed by atoms with Gasteiger partial charge in [-0.3, -0.25) is 14.6 Å². The van der Waals surface area contributed by atoms with E-state index in [1.165, 1.54) is 17.7 Å². The third-order valence-electron chi connectivity index (χ3n) is 4.51. The Bertz CT molecular complexity index is 962. The third-order valence-corrected chi connectivity index (χ3v) is 5.62. The van der Waals surface area contributed by atoms with Crippen molar-refractivity contribution in [3.63, 3.8) is 0 Å². The van der Waals surface area contributed by atoms with Gasteiger partial charge in [-0.2, -0.15) is 4.98 Å². The molecule has 9 heteroatoms. The fraction of sp³-hybridized carbons (Fsp3) is 0.353. The van der Waals surface area contributed by atoms with Crippen LogP contribution in [-0.2, 0) is 11.3 Å². The van der Waals surface area contributed by atoms with Crippen molar-refractivity contribution in [2.45, 2.75) is 19.4 Å². The molecule has 1 aliphatic rings. The summed E-state index contributed by atoms with van der Waals surface area (Å²) in [6.45, 7) is 1.98. The van der Waals surface area contributed by atoms with Gasteiger partial charge in [-0.25, -0.2) is 4.98 Å². The van der Waals surface area contributed by atoms with Crippen LogP contribution < -0.4 is 15.8 Å². The molecule has 0 aromatic carbocycles. The number of nitrogens with zero attached hydrogens (tertiary/aromatic N) is 4. The molecule has 0 bridgehead atoms. The molecule has 1 aliphatic heterocycles. The van der Waals surface area contributed by atoms with Gasteiger partial charge in [0.15, 0.2) is 10.8 Å². The van der Waals surface area contributed by atoms with E-state index < -0.39 is 0 Å². The average molecular weight is 370 g/mol. The first-order valence-corrected chi connectivity index (χ1v) is 9.28.